The molecule has 2 atom stereocenters. The summed E-state index contributed by atoms with van der Waals surface area (Å²) in [6, 6.07) is -0.223. The van der Waals surface area contributed by atoms with Crippen LogP contribution in [0.15, 0.2) is 0 Å². The largest absolute Gasteiger partial charge is 0.469 e. The molecule has 0 aromatic carbocycles. The van der Waals surface area contributed by atoms with Gasteiger partial charge in [-0.2, -0.15) is 0 Å². The van der Waals surface area contributed by atoms with Crippen LogP contribution in [0.1, 0.15) is 61.3 Å². The van der Waals surface area contributed by atoms with E-state index in [1.807, 2.05) is 34.6 Å². The van der Waals surface area contributed by atoms with Gasteiger partial charge in [-0.05, 0) is 47.0 Å². The van der Waals surface area contributed by atoms with E-state index >= 15 is 0 Å². The Labute approximate surface area is 139 Å². The zero-order valence-electron chi connectivity index (χ0n) is 15.6. The van der Waals surface area contributed by atoms with Gasteiger partial charge in [0, 0.05) is 0 Å². The first-order chi connectivity index (χ1) is 10.4. The smallest absolute Gasteiger partial charge is 0.412 e. The highest BCUT2D eigenvalue weighted by Crippen LogP contribution is 2.37. The third-order valence-electron chi connectivity index (χ3n) is 3.68. The maximum atomic E-state index is 12.7. The maximum absolute atomic E-state index is 12.7. The molecule has 0 saturated carbocycles. The van der Waals surface area contributed by atoms with Crippen molar-refractivity contribution in [2.24, 2.45) is 5.92 Å². The molecule has 23 heavy (non-hydrogen) atoms. The monoisotopic (exact) mass is 329 g/mol. The lowest BCUT2D eigenvalue weighted by molar-refractivity contribution is -0.145. The fraction of sp³-hybridized carbons (Fsp3) is 0.882. The van der Waals surface area contributed by atoms with Gasteiger partial charge < -0.3 is 14.2 Å². The number of hydrogen-bond donors (Lipinski definition) is 0. The second kappa shape index (κ2) is 7.07. The molecule has 1 rings (SSSR count). The Hall–Kier alpha value is -1.30. The number of nitrogens with zero attached hydrogens (tertiary/aromatic N) is 1. The van der Waals surface area contributed by atoms with E-state index in [0.29, 0.717) is 5.92 Å². The molecular formula is C17H31NO5. The lowest BCUT2D eigenvalue weighted by atomic mass is 9.96. The first-order valence-corrected chi connectivity index (χ1v) is 8.14. The van der Waals surface area contributed by atoms with Crippen molar-refractivity contribution in [1.82, 2.24) is 4.90 Å². The lowest BCUT2D eigenvalue weighted by Gasteiger charge is -2.35. The Morgan fingerprint density at radius 3 is 2.26 bits per heavy atom. The highest BCUT2D eigenvalue weighted by Gasteiger charge is 2.51. The van der Waals surface area contributed by atoms with Crippen molar-refractivity contribution >= 4 is 12.1 Å². The number of ether oxygens (including phenoxy) is 3. The summed E-state index contributed by atoms with van der Waals surface area (Å²) in [5.74, 6) is 0.00757. The standard InChI is InChI=1S/C17H31NO5/c1-11(2)9-12-13(10-14(19)21-8)22-17(6,7)18(12)15(20)23-16(3,4)5/h11-13H,9-10H2,1-8H3/t12-,13-/m0/s1. The second-order valence-electron chi connectivity index (χ2n) is 7.93. The summed E-state index contributed by atoms with van der Waals surface area (Å²) in [5.41, 5.74) is -1.42. The molecule has 6 nitrogen and oxygen atoms in total. The van der Waals surface area contributed by atoms with Crippen molar-refractivity contribution < 1.29 is 23.8 Å². The molecule has 0 N–H and O–H groups in total. The van der Waals surface area contributed by atoms with Crippen LogP contribution in [-0.4, -0.2) is 47.5 Å². The van der Waals surface area contributed by atoms with Crippen LogP contribution >= 0.6 is 0 Å². The summed E-state index contributed by atoms with van der Waals surface area (Å²) in [5, 5.41) is 0. The molecule has 0 unspecified atom stereocenters. The van der Waals surface area contributed by atoms with Crippen LogP contribution < -0.4 is 0 Å². The zero-order chi connectivity index (χ0) is 18.0. The highest BCUT2D eigenvalue weighted by atomic mass is 16.6. The number of amides is 1. The van der Waals surface area contributed by atoms with Crippen molar-refractivity contribution in [2.45, 2.75) is 84.8 Å². The quantitative estimate of drug-likeness (QED) is 0.740. The molecule has 1 amide bonds. The van der Waals surface area contributed by atoms with Crippen LogP contribution in [0.2, 0.25) is 0 Å². The number of carbonyl (C=O) groups is 2. The molecule has 0 spiro atoms. The SMILES string of the molecule is COC(=O)C[C@@H]1OC(C)(C)N(C(=O)OC(C)(C)C)[C@H]1CC(C)C. The molecule has 0 aliphatic carbocycles. The molecule has 0 bridgehead atoms. The number of carbonyl (C=O) groups excluding carboxylic acids is 2. The van der Waals surface area contributed by atoms with Gasteiger partial charge in [0.25, 0.3) is 0 Å². The third-order valence-corrected chi connectivity index (χ3v) is 3.68. The van der Waals surface area contributed by atoms with Gasteiger partial charge in [-0.15, -0.1) is 0 Å². The second-order valence-corrected chi connectivity index (χ2v) is 7.93. The van der Waals surface area contributed by atoms with E-state index in [2.05, 4.69) is 13.8 Å². The van der Waals surface area contributed by atoms with Gasteiger partial charge in [0.05, 0.1) is 25.7 Å². The Balaban J connectivity index is 3.06. The van der Waals surface area contributed by atoms with Gasteiger partial charge in [0.15, 0.2) is 0 Å². The molecule has 1 fully saturated rings. The van der Waals surface area contributed by atoms with E-state index in [4.69, 9.17) is 14.2 Å². The molecule has 0 aromatic rings. The van der Waals surface area contributed by atoms with Crippen LogP contribution in [0.3, 0.4) is 0 Å². The van der Waals surface area contributed by atoms with Crippen molar-refractivity contribution in [3.05, 3.63) is 0 Å². The summed E-state index contributed by atoms with van der Waals surface area (Å²) in [4.78, 5) is 26.0. The fourth-order valence-electron chi connectivity index (χ4n) is 2.90. The molecule has 6 heteroatoms. The van der Waals surface area contributed by atoms with Gasteiger partial charge in [-0.1, -0.05) is 13.8 Å². The Morgan fingerprint density at radius 2 is 1.83 bits per heavy atom. The van der Waals surface area contributed by atoms with E-state index in [9.17, 15) is 9.59 Å². The van der Waals surface area contributed by atoms with E-state index in [-0.39, 0.29) is 18.4 Å². The predicted octanol–water partition coefficient (Wildman–Crippen LogP) is 3.34. The zero-order valence-corrected chi connectivity index (χ0v) is 15.6. The summed E-state index contributed by atoms with van der Waals surface area (Å²) < 4.78 is 16.3. The number of esters is 1. The van der Waals surface area contributed by atoms with Gasteiger partial charge in [-0.3, -0.25) is 9.69 Å². The minimum Gasteiger partial charge on any atom is -0.469 e. The summed E-state index contributed by atoms with van der Waals surface area (Å²) in [6.45, 7) is 13.3. The average Bonchev–Trinajstić information content (AvgIpc) is 2.56. The molecule has 0 radical (unpaired) electrons. The van der Waals surface area contributed by atoms with Crippen molar-refractivity contribution in [2.75, 3.05) is 7.11 Å². The summed E-state index contributed by atoms with van der Waals surface area (Å²) >= 11 is 0. The molecule has 1 aliphatic heterocycles. The fourth-order valence-corrected chi connectivity index (χ4v) is 2.90. The van der Waals surface area contributed by atoms with E-state index in [1.54, 1.807) is 4.90 Å². The van der Waals surface area contributed by atoms with E-state index in [1.165, 1.54) is 7.11 Å². The molecular weight excluding hydrogens is 298 g/mol. The van der Waals surface area contributed by atoms with E-state index < -0.39 is 23.5 Å². The number of rotatable bonds is 4. The Morgan fingerprint density at radius 1 is 1.26 bits per heavy atom. The van der Waals surface area contributed by atoms with Crippen LogP contribution in [0.4, 0.5) is 4.79 Å². The van der Waals surface area contributed by atoms with Crippen molar-refractivity contribution in [3.63, 3.8) is 0 Å². The molecule has 0 aromatic heterocycles. The summed E-state index contributed by atoms with van der Waals surface area (Å²) in [7, 11) is 1.35. The number of hydrogen-bond acceptors (Lipinski definition) is 5. The van der Waals surface area contributed by atoms with Gasteiger partial charge in [0.2, 0.25) is 0 Å². The Kier molecular flexibility index (Phi) is 6.07. The number of methoxy groups -OCH3 is 1. The highest BCUT2D eigenvalue weighted by molar-refractivity contribution is 5.72. The minimum absolute atomic E-state index is 0.122. The molecule has 134 valence electrons. The first kappa shape index (κ1) is 19.7. The van der Waals surface area contributed by atoms with Crippen LogP contribution in [-0.2, 0) is 19.0 Å². The Bertz CT molecular complexity index is 439. The predicted molar refractivity (Wildman–Crippen MR) is 86.9 cm³/mol. The molecule has 1 heterocycles. The van der Waals surface area contributed by atoms with Gasteiger partial charge >= 0.3 is 12.1 Å². The minimum atomic E-state index is -0.833. The van der Waals surface area contributed by atoms with Crippen LogP contribution in [0, 0.1) is 5.92 Å². The third kappa shape index (κ3) is 5.37. The maximum Gasteiger partial charge on any atom is 0.412 e. The van der Waals surface area contributed by atoms with Crippen LogP contribution in [0.5, 0.6) is 0 Å². The van der Waals surface area contributed by atoms with Gasteiger partial charge in [-0.25, -0.2) is 4.79 Å². The lowest BCUT2D eigenvalue weighted by Crippen LogP contribution is -2.50. The first-order valence-electron chi connectivity index (χ1n) is 8.14. The summed E-state index contributed by atoms with van der Waals surface area (Å²) in [6.07, 6.45) is 0.0360. The van der Waals surface area contributed by atoms with Crippen molar-refractivity contribution in [3.8, 4) is 0 Å². The molecule has 1 saturated heterocycles. The topological polar surface area (TPSA) is 65.1 Å². The normalized spacial score (nSPS) is 24.0. The van der Waals surface area contributed by atoms with Crippen LogP contribution in [0.25, 0.3) is 0 Å². The van der Waals surface area contributed by atoms with Gasteiger partial charge in [0.1, 0.15) is 11.3 Å². The molecule has 1 aliphatic rings. The van der Waals surface area contributed by atoms with Crippen molar-refractivity contribution in [1.29, 1.82) is 0 Å². The average molecular weight is 329 g/mol. The van der Waals surface area contributed by atoms with E-state index in [0.717, 1.165) is 6.42 Å².